The molecule has 1 aromatic carbocycles. The molecule has 0 radical (unpaired) electrons. The highest BCUT2D eigenvalue weighted by molar-refractivity contribution is 5.94. The second-order valence-electron chi connectivity index (χ2n) is 5.44. The molecule has 0 heterocycles. The fourth-order valence-corrected chi connectivity index (χ4v) is 2.20. The highest BCUT2D eigenvalue weighted by Gasteiger charge is 2.16. The molecule has 1 N–H and O–H groups in total. The van der Waals surface area contributed by atoms with Gasteiger partial charge < -0.3 is 5.32 Å². The summed E-state index contributed by atoms with van der Waals surface area (Å²) < 4.78 is 38.9. The van der Waals surface area contributed by atoms with Crippen molar-refractivity contribution in [3.8, 4) is 0 Å². The van der Waals surface area contributed by atoms with Crippen molar-refractivity contribution in [1.82, 2.24) is 10.2 Å². The first-order valence-corrected chi connectivity index (χ1v) is 6.92. The summed E-state index contributed by atoms with van der Waals surface area (Å²) >= 11 is 0. The third-order valence-corrected chi connectivity index (χ3v) is 3.23. The summed E-state index contributed by atoms with van der Waals surface area (Å²) in [4.78, 5) is 14.0. The maximum Gasteiger partial charge on any atom is 0.251 e. The molecule has 3 nitrogen and oxygen atoms in total. The molecule has 118 valence electrons. The van der Waals surface area contributed by atoms with Gasteiger partial charge in [0.05, 0.1) is 0 Å². The molecule has 21 heavy (non-hydrogen) atoms. The van der Waals surface area contributed by atoms with Crippen molar-refractivity contribution in [2.24, 2.45) is 0 Å². The zero-order valence-corrected chi connectivity index (χ0v) is 12.7. The zero-order chi connectivity index (χ0) is 16.2. The molecule has 1 rings (SSSR count). The Balaban J connectivity index is 2.62. The minimum atomic E-state index is -1.57. The second-order valence-corrected chi connectivity index (χ2v) is 5.44. The van der Waals surface area contributed by atoms with Gasteiger partial charge in [-0.05, 0) is 39.8 Å². The van der Waals surface area contributed by atoms with Crippen molar-refractivity contribution >= 4 is 5.91 Å². The summed E-state index contributed by atoms with van der Waals surface area (Å²) in [5.41, 5.74) is -0.230. The van der Waals surface area contributed by atoms with Crippen LogP contribution in [0.4, 0.5) is 13.2 Å². The Hall–Kier alpha value is -1.56. The maximum absolute atomic E-state index is 13.1. The molecule has 0 bridgehead atoms. The zero-order valence-electron chi connectivity index (χ0n) is 12.7. The van der Waals surface area contributed by atoms with Gasteiger partial charge in [0.2, 0.25) is 0 Å². The van der Waals surface area contributed by atoms with Gasteiger partial charge in [0.25, 0.3) is 5.91 Å². The van der Waals surface area contributed by atoms with Crippen LogP contribution in [-0.4, -0.2) is 36.0 Å². The van der Waals surface area contributed by atoms with Crippen molar-refractivity contribution in [3.05, 3.63) is 35.1 Å². The molecule has 1 amide bonds. The van der Waals surface area contributed by atoms with E-state index >= 15 is 0 Å². The molecule has 0 unspecified atom stereocenters. The Labute approximate surface area is 123 Å². The van der Waals surface area contributed by atoms with Crippen molar-refractivity contribution in [1.29, 1.82) is 0 Å². The molecule has 0 atom stereocenters. The fourth-order valence-electron chi connectivity index (χ4n) is 2.20. The number of hydrogen-bond acceptors (Lipinski definition) is 2. The van der Waals surface area contributed by atoms with Crippen molar-refractivity contribution in [3.63, 3.8) is 0 Å². The molecule has 0 saturated carbocycles. The van der Waals surface area contributed by atoms with E-state index < -0.39 is 23.4 Å². The summed E-state index contributed by atoms with van der Waals surface area (Å²) in [7, 11) is 0. The number of rotatable bonds is 6. The standard InChI is InChI=1S/C15H21F3N2O/c1-9(2)20(10(3)4)6-5-19-15(21)11-7-12(16)14(18)13(17)8-11/h7-10H,5-6H2,1-4H3,(H,19,21). The van der Waals surface area contributed by atoms with E-state index in [9.17, 15) is 18.0 Å². The summed E-state index contributed by atoms with van der Waals surface area (Å²) in [5.74, 6) is -4.94. The molecule has 0 aromatic heterocycles. The quantitative estimate of drug-likeness (QED) is 0.819. The van der Waals surface area contributed by atoms with Crippen LogP contribution in [-0.2, 0) is 0 Å². The first kappa shape index (κ1) is 17.5. The van der Waals surface area contributed by atoms with E-state index in [-0.39, 0.29) is 5.56 Å². The van der Waals surface area contributed by atoms with Gasteiger partial charge in [-0.3, -0.25) is 9.69 Å². The van der Waals surface area contributed by atoms with E-state index in [1.165, 1.54) is 0 Å². The SMILES string of the molecule is CC(C)N(CCNC(=O)c1cc(F)c(F)c(F)c1)C(C)C. The van der Waals surface area contributed by atoms with Crippen LogP contribution < -0.4 is 5.32 Å². The molecule has 0 saturated heterocycles. The van der Waals surface area contributed by atoms with Crippen molar-refractivity contribution in [2.45, 2.75) is 39.8 Å². The molecule has 1 aromatic rings. The lowest BCUT2D eigenvalue weighted by molar-refractivity contribution is 0.0938. The molecule has 0 fully saturated rings. The number of nitrogens with zero attached hydrogens (tertiary/aromatic N) is 1. The Kier molecular flexibility index (Phi) is 6.20. The van der Waals surface area contributed by atoms with Crippen LogP contribution >= 0.6 is 0 Å². The normalized spacial score (nSPS) is 11.5. The smallest absolute Gasteiger partial charge is 0.251 e. The van der Waals surface area contributed by atoms with Gasteiger partial charge in [-0.25, -0.2) is 13.2 Å². The predicted molar refractivity (Wildman–Crippen MR) is 75.6 cm³/mol. The predicted octanol–water partition coefficient (Wildman–Crippen LogP) is 2.95. The molecule has 0 aliphatic heterocycles. The molecule has 0 spiro atoms. The number of carbonyl (C=O) groups is 1. The summed E-state index contributed by atoms with van der Waals surface area (Å²) in [6, 6.07) is 2.03. The van der Waals surface area contributed by atoms with E-state index in [4.69, 9.17) is 0 Å². The second kappa shape index (κ2) is 7.45. The summed E-state index contributed by atoms with van der Waals surface area (Å²) in [5, 5.41) is 2.58. The highest BCUT2D eigenvalue weighted by Crippen LogP contribution is 2.13. The molecule has 6 heteroatoms. The number of carbonyl (C=O) groups excluding carboxylic acids is 1. The van der Waals surface area contributed by atoms with Crippen molar-refractivity contribution < 1.29 is 18.0 Å². The van der Waals surface area contributed by atoms with Gasteiger partial charge in [0, 0.05) is 30.7 Å². The summed E-state index contributed by atoms with van der Waals surface area (Å²) in [6.45, 7) is 9.15. The Morgan fingerprint density at radius 3 is 2.00 bits per heavy atom. The topological polar surface area (TPSA) is 32.3 Å². The minimum Gasteiger partial charge on any atom is -0.351 e. The monoisotopic (exact) mass is 302 g/mol. The largest absolute Gasteiger partial charge is 0.351 e. The van der Waals surface area contributed by atoms with Gasteiger partial charge in [0.15, 0.2) is 17.5 Å². The molecule has 0 aliphatic carbocycles. The lowest BCUT2D eigenvalue weighted by Gasteiger charge is -2.30. The van der Waals surface area contributed by atoms with E-state index in [1.54, 1.807) is 0 Å². The van der Waals surface area contributed by atoms with E-state index in [0.717, 1.165) is 0 Å². The minimum absolute atomic E-state index is 0.230. The number of halogens is 3. The van der Waals surface area contributed by atoms with Crippen LogP contribution in [0.5, 0.6) is 0 Å². The van der Waals surface area contributed by atoms with E-state index in [0.29, 0.717) is 37.3 Å². The van der Waals surface area contributed by atoms with E-state index in [1.807, 2.05) is 27.7 Å². The van der Waals surface area contributed by atoms with Crippen LogP contribution in [0.2, 0.25) is 0 Å². The first-order chi connectivity index (χ1) is 9.73. The lowest BCUT2D eigenvalue weighted by Crippen LogP contribution is -2.42. The molecular weight excluding hydrogens is 281 g/mol. The third-order valence-electron chi connectivity index (χ3n) is 3.23. The van der Waals surface area contributed by atoms with Crippen LogP contribution in [0.1, 0.15) is 38.1 Å². The average Bonchev–Trinajstić information content (AvgIpc) is 2.39. The number of benzene rings is 1. The summed E-state index contributed by atoms with van der Waals surface area (Å²) in [6.07, 6.45) is 0. The first-order valence-electron chi connectivity index (χ1n) is 6.92. The van der Waals surface area contributed by atoms with Crippen LogP contribution in [0, 0.1) is 17.5 Å². The Morgan fingerprint density at radius 1 is 1.10 bits per heavy atom. The molecular formula is C15H21F3N2O. The van der Waals surface area contributed by atoms with Crippen LogP contribution in [0.25, 0.3) is 0 Å². The molecule has 0 aliphatic rings. The Bertz CT molecular complexity index is 473. The Morgan fingerprint density at radius 2 is 1.57 bits per heavy atom. The fraction of sp³-hybridized carbons (Fsp3) is 0.533. The lowest BCUT2D eigenvalue weighted by atomic mass is 10.2. The average molecular weight is 302 g/mol. The number of amides is 1. The van der Waals surface area contributed by atoms with Crippen LogP contribution in [0.15, 0.2) is 12.1 Å². The van der Waals surface area contributed by atoms with Gasteiger partial charge in [0.1, 0.15) is 0 Å². The third kappa shape index (κ3) is 4.74. The maximum atomic E-state index is 13.1. The highest BCUT2D eigenvalue weighted by atomic mass is 19.2. The van der Waals surface area contributed by atoms with Crippen molar-refractivity contribution in [2.75, 3.05) is 13.1 Å². The van der Waals surface area contributed by atoms with Crippen LogP contribution in [0.3, 0.4) is 0 Å². The number of hydrogen-bond donors (Lipinski definition) is 1. The van der Waals surface area contributed by atoms with Gasteiger partial charge in [-0.2, -0.15) is 0 Å². The number of nitrogens with one attached hydrogen (secondary N) is 1. The van der Waals surface area contributed by atoms with Gasteiger partial charge in [-0.15, -0.1) is 0 Å². The van der Waals surface area contributed by atoms with Gasteiger partial charge >= 0.3 is 0 Å². The van der Waals surface area contributed by atoms with E-state index in [2.05, 4.69) is 10.2 Å². The van der Waals surface area contributed by atoms with Gasteiger partial charge in [-0.1, -0.05) is 0 Å².